The Kier molecular flexibility index (Phi) is 5.12. The van der Waals surface area contributed by atoms with E-state index in [2.05, 4.69) is 21.9 Å². The summed E-state index contributed by atoms with van der Waals surface area (Å²) in [5.41, 5.74) is 0.826. The van der Waals surface area contributed by atoms with Gasteiger partial charge in [-0.15, -0.1) is 6.42 Å². The minimum absolute atomic E-state index is 0.525. The highest BCUT2D eigenvalue weighted by atomic mass is 79.9. The molecule has 0 aliphatic carbocycles. The lowest BCUT2D eigenvalue weighted by Gasteiger charge is -2.19. The summed E-state index contributed by atoms with van der Waals surface area (Å²) in [6.45, 7) is 0. The third-order valence-electron chi connectivity index (χ3n) is 1.59. The van der Waals surface area contributed by atoms with E-state index in [1.54, 1.807) is 0 Å². The second kappa shape index (κ2) is 6.13. The van der Waals surface area contributed by atoms with Gasteiger partial charge in [0.25, 0.3) is 0 Å². The Morgan fingerprint density at radius 2 is 2.27 bits per heavy atom. The van der Waals surface area contributed by atoms with Crippen molar-refractivity contribution in [2.45, 2.75) is 0 Å². The zero-order valence-corrected chi connectivity index (χ0v) is 11.0. The second-order valence-corrected chi connectivity index (χ2v) is 5.04. The fourth-order valence-electron chi connectivity index (χ4n) is 0.918. The lowest BCUT2D eigenvalue weighted by molar-refractivity contribution is 1.16. The van der Waals surface area contributed by atoms with Crippen LogP contribution in [0.25, 0.3) is 0 Å². The van der Waals surface area contributed by atoms with E-state index < -0.39 is 0 Å². The van der Waals surface area contributed by atoms with Gasteiger partial charge in [0.05, 0.1) is 11.4 Å². The molecule has 0 saturated carbocycles. The van der Waals surface area contributed by atoms with E-state index in [0.717, 1.165) is 10.2 Å². The Labute approximate surface area is 107 Å². The molecule has 0 radical (unpaired) electrons. The Morgan fingerprint density at radius 1 is 1.60 bits per heavy atom. The van der Waals surface area contributed by atoms with Gasteiger partial charge in [-0.25, -0.2) is 5.84 Å². The topological polar surface area (TPSA) is 29.3 Å². The van der Waals surface area contributed by atoms with E-state index in [-0.39, 0.29) is 0 Å². The summed E-state index contributed by atoms with van der Waals surface area (Å²) in [5, 5.41) is 1.45. The van der Waals surface area contributed by atoms with Crippen molar-refractivity contribution in [1.82, 2.24) is 0 Å². The van der Waals surface area contributed by atoms with Crippen molar-refractivity contribution < 1.29 is 0 Å². The predicted molar refractivity (Wildman–Crippen MR) is 74.7 cm³/mol. The molecule has 1 rings (SSSR count). The molecule has 0 aromatic heterocycles. The fraction of sp³-hybridized carbons (Fsp3) is 0.100. The van der Waals surface area contributed by atoms with Crippen molar-refractivity contribution >= 4 is 49.9 Å². The Bertz CT molecular complexity index is 401. The first kappa shape index (κ1) is 12.5. The van der Waals surface area contributed by atoms with Crippen LogP contribution >= 0.6 is 39.9 Å². The van der Waals surface area contributed by atoms with Crippen LogP contribution in [-0.2, 0) is 0 Å². The number of thioether (sulfide) groups is 1. The average Bonchev–Trinajstić information content (AvgIpc) is 2.25. The van der Waals surface area contributed by atoms with Crippen LogP contribution in [0.1, 0.15) is 0 Å². The largest absolute Gasteiger partial charge is 0.262 e. The number of para-hydroxylation sites is 1. The number of hydrogen-bond donors (Lipinski definition) is 1. The number of terminal acetylenes is 1. The first-order valence-corrected chi connectivity index (χ1v) is 6.25. The molecular formula is C10H9BrN2S2. The monoisotopic (exact) mass is 300 g/mol. The number of rotatable bonds is 2. The zero-order chi connectivity index (χ0) is 11.3. The third-order valence-corrected chi connectivity index (χ3v) is 3.56. The number of nitrogens with two attached hydrogens (primary N) is 1. The van der Waals surface area contributed by atoms with Gasteiger partial charge in [0.2, 0.25) is 0 Å². The van der Waals surface area contributed by atoms with Crippen LogP contribution < -0.4 is 10.9 Å². The molecule has 0 aliphatic rings. The molecule has 78 valence electrons. The molecule has 0 fully saturated rings. The van der Waals surface area contributed by atoms with E-state index in [1.807, 2.05) is 24.3 Å². The minimum Gasteiger partial charge on any atom is -0.262 e. The molecule has 0 bridgehead atoms. The number of nitrogens with zero attached hydrogens (tertiary/aromatic N) is 1. The number of halogens is 1. The fourth-order valence-corrected chi connectivity index (χ4v) is 2.11. The smallest absolute Gasteiger partial charge is 0.156 e. The maximum absolute atomic E-state index is 5.85. The number of benzene rings is 1. The molecule has 5 heteroatoms. The van der Waals surface area contributed by atoms with Gasteiger partial charge >= 0.3 is 0 Å². The molecule has 2 N–H and O–H groups in total. The molecule has 2 nitrogen and oxygen atoms in total. The maximum Gasteiger partial charge on any atom is 0.156 e. The van der Waals surface area contributed by atoms with Crippen molar-refractivity contribution in [3.63, 3.8) is 0 Å². The number of hydrazine groups is 1. The van der Waals surface area contributed by atoms with Gasteiger partial charge in [0.1, 0.15) is 0 Å². The first-order valence-electron chi connectivity index (χ1n) is 4.06. The molecule has 0 spiro atoms. The van der Waals surface area contributed by atoms with E-state index >= 15 is 0 Å². The third kappa shape index (κ3) is 3.50. The van der Waals surface area contributed by atoms with Crippen molar-refractivity contribution in [2.24, 2.45) is 5.84 Å². The van der Waals surface area contributed by atoms with Crippen LogP contribution in [0.3, 0.4) is 0 Å². The van der Waals surface area contributed by atoms with Crippen LogP contribution in [0.2, 0.25) is 0 Å². The number of anilines is 1. The molecule has 0 unspecified atom stereocenters. The molecule has 0 atom stereocenters. The molecule has 15 heavy (non-hydrogen) atoms. The van der Waals surface area contributed by atoms with Crippen LogP contribution in [-0.4, -0.2) is 10.1 Å². The van der Waals surface area contributed by atoms with Crippen LogP contribution in [0.5, 0.6) is 0 Å². The van der Waals surface area contributed by atoms with Gasteiger partial charge in [-0.3, -0.25) is 5.01 Å². The highest BCUT2D eigenvalue weighted by Crippen LogP contribution is 2.25. The normalized spacial score (nSPS) is 9.40. The molecular weight excluding hydrogens is 292 g/mol. The Morgan fingerprint density at radius 3 is 2.87 bits per heavy atom. The van der Waals surface area contributed by atoms with Crippen LogP contribution in [0, 0.1) is 12.3 Å². The summed E-state index contributed by atoms with van der Waals surface area (Å²) in [6.07, 6.45) is 5.15. The standard InChI is InChI=1S/C10H9BrN2S2/c1-2-7-15-10(14)13(12)9-6-4-3-5-8(9)11/h1,3-6H,7,12H2. The van der Waals surface area contributed by atoms with Crippen LogP contribution in [0.4, 0.5) is 5.69 Å². The number of hydrogen-bond acceptors (Lipinski definition) is 3. The highest BCUT2D eigenvalue weighted by Gasteiger charge is 2.10. The maximum atomic E-state index is 5.85. The van der Waals surface area contributed by atoms with Crippen molar-refractivity contribution in [3.8, 4) is 12.3 Å². The van der Waals surface area contributed by atoms with Gasteiger partial charge in [-0.1, -0.05) is 42.0 Å². The SMILES string of the molecule is C#CCSC(=S)N(N)c1ccccc1Br. The lowest BCUT2D eigenvalue weighted by atomic mass is 10.3. The van der Waals surface area contributed by atoms with E-state index in [0.29, 0.717) is 10.1 Å². The molecule has 1 aromatic rings. The van der Waals surface area contributed by atoms with Gasteiger partial charge < -0.3 is 0 Å². The molecule has 0 saturated heterocycles. The predicted octanol–water partition coefficient (Wildman–Crippen LogP) is 2.78. The van der Waals surface area contributed by atoms with E-state index in [4.69, 9.17) is 24.5 Å². The molecule has 0 aliphatic heterocycles. The quantitative estimate of drug-likeness (QED) is 0.394. The van der Waals surface area contributed by atoms with E-state index in [1.165, 1.54) is 16.8 Å². The second-order valence-electron chi connectivity index (χ2n) is 2.58. The summed E-state index contributed by atoms with van der Waals surface area (Å²) in [5.74, 6) is 8.88. The Hall–Kier alpha value is -0.540. The summed E-state index contributed by atoms with van der Waals surface area (Å²) >= 11 is 9.90. The molecule has 1 aromatic carbocycles. The summed E-state index contributed by atoms with van der Waals surface area (Å²) in [7, 11) is 0. The number of thiocarbonyl (C=S) groups is 1. The Balaban J connectivity index is 2.77. The van der Waals surface area contributed by atoms with Gasteiger partial charge in [0, 0.05) is 4.47 Å². The van der Waals surface area contributed by atoms with Gasteiger partial charge in [-0.2, -0.15) is 0 Å². The minimum atomic E-state index is 0.525. The van der Waals surface area contributed by atoms with Crippen LogP contribution in [0.15, 0.2) is 28.7 Å². The first-order chi connectivity index (χ1) is 7.16. The van der Waals surface area contributed by atoms with E-state index in [9.17, 15) is 0 Å². The summed E-state index contributed by atoms with van der Waals surface area (Å²) in [6, 6.07) is 7.60. The summed E-state index contributed by atoms with van der Waals surface area (Å²) < 4.78 is 1.45. The summed E-state index contributed by atoms with van der Waals surface area (Å²) in [4.78, 5) is 0. The van der Waals surface area contributed by atoms with Gasteiger partial charge in [0.15, 0.2) is 4.32 Å². The van der Waals surface area contributed by atoms with Gasteiger partial charge in [-0.05, 0) is 28.1 Å². The molecule has 0 heterocycles. The molecule has 0 amide bonds. The van der Waals surface area contributed by atoms with Crippen molar-refractivity contribution in [3.05, 3.63) is 28.7 Å². The van der Waals surface area contributed by atoms with Crippen molar-refractivity contribution in [1.29, 1.82) is 0 Å². The lowest BCUT2D eigenvalue weighted by Crippen LogP contribution is -2.34. The zero-order valence-electron chi connectivity index (χ0n) is 7.81. The average molecular weight is 301 g/mol. The van der Waals surface area contributed by atoms with Crippen molar-refractivity contribution in [2.75, 3.05) is 10.8 Å². The highest BCUT2D eigenvalue weighted by molar-refractivity contribution is 9.10.